The van der Waals surface area contributed by atoms with Crippen molar-refractivity contribution in [2.75, 3.05) is 31.1 Å². The maximum absolute atomic E-state index is 9.85. The summed E-state index contributed by atoms with van der Waals surface area (Å²) in [5, 5.41) is 11.5. The maximum Gasteiger partial charge on any atom is 0.162 e. The molecule has 7 heteroatoms. The average molecular weight is 441 g/mol. The number of hydrogen-bond donors (Lipinski definition) is 1. The number of aliphatic hydroxyl groups is 1. The molecule has 0 saturated carbocycles. The molecule has 30 heavy (non-hydrogen) atoms. The lowest BCUT2D eigenvalue weighted by atomic mass is 10.1. The van der Waals surface area contributed by atoms with E-state index < -0.39 is 6.23 Å². The zero-order chi connectivity index (χ0) is 21.1. The van der Waals surface area contributed by atoms with Crippen LogP contribution in [0.1, 0.15) is 12.5 Å². The van der Waals surface area contributed by atoms with Crippen molar-refractivity contribution in [2.24, 2.45) is 0 Å². The minimum absolute atomic E-state index is 0.420. The monoisotopic (exact) mass is 440 g/mol. The van der Waals surface area contributed by atoms with E-state index in [1.54, 1.807) is 11.8 Å². The number of hydrogen-bond acceptors (Lipinski definition) is 6. The summed E-state index contributed by atoms with van der Waals surface area (Å²) in [5.41, 5.74) is 2.21. The van der Waals surface area contributed by atoms with Gasteiger partial charge in [0.2, 0.25) is 0 Å². The summed E-state index contributed by atoms with van der Waals surface area (Å²) in [6.45, 7) is 7.14. The van der Waals surface area contributed by atoms with Crippen LogP contribution in [0, 0.1) is 6.92 Å². The number of rotatable bonds is 5. The van der Waals surface area contributed by atoms with Crippen LogP contribution in [0.25, 0.3) is 11.4 Å². The van der Waals surface area contributed by atoms with Gasteiger partial charge >= 0.3 is 0 Å². The van der Waals surface area contributed by atoms with Gasteiger partial charge in [-0.05, 0) is 38.1 Å². The van der Waals surface area contributed by atoms with Crippen LogP contribution in [-0.4, -0.2) is 52.4 Å². The molecule has 1 aliphatic rings. The standard InChI is InChI=1S/C23H25ClN4OS/c1-16-3-5-18(6-4-16)23-25-21(28-13-11-27(12-14-28)17(2)29)15-22(26-23)30-20-9-7-19(24)8-10-20/h3-10,15,17,29H,11-14H2,1-2H3. The molecule has 0 aliphatic carbocycles. The van der Waals surface area contributed by atoms with Crippen molar-refractivity contribution < 1.29 is 5.11 Å². The van der Waals surface area contributed by atoms with Crippen LogP contribution >= 0.6 is 23.4 Å². The number of aliphatic hydroxyl groups excluding tert-OH is 1. The van der Waals surface area contributed by atoms with Crippen molar-refractivity contribution >= 4 is 29.2 Å². The minimum atomic E-state index is -0.420. The molecule has 2 aromatic carbocycles. The van der Waals surface area contributed by atoms with Crippen molar-refractivity contribution in [1.29, 1.82) is 0 Å². The number of anilines is 1. The zero-order valence-electron chi connectivity index (χ0n) is 17.1. The van der Waals surface area contributed by atoms with E-state index in [0.717, 1.165) is 58.3 Å². The van der Waals surface area contributed by atoms with Gasteiger partial charge in [0.1, 0.15) is 17.1 Å². The highest BCUT2D eigenvalue weighted by molar-refractivity contribution is 7.99. The Morgan fingerprint density at radius 2 is 1.63 bits per heavy atom. The summed E-state index contributed by atoms with van der Waals surface area (Å²) in [5.74, 6) is 1.64. The van der Waals surface area contributed by atoms with Crippen LogP contribution in [0.15, 0.2) is 64.5 Å². The second kappa shape index (κ2) is 9.35. The first-order valence-electron chi connectivity index (χ1n) is 10.0. The summed E-state index contributed by atoms with van der Waals surface area (Å²) < 4.78 is 0. The Kier molecular flexibility index (Phi) is 6.58. The van der Waals surface area contributed by atoms with E-state index in [1.807, 2.05) is 31.2 Å². The van der Waals surface area contributed by atoms with Crippen molar-refractivity contribution in [3.05, 3.63) is 65.2 Å². The van der Waals surface area contributed by atoms with Gasteiger partial charge in [-0.1, -0.05) is 53.2 Å². The molecule has 2 heterocycles. The molecule has 5 nitrogen and oxygen atoms in total. The predicted molar refractivity (Wildman–Crippen MR) is 123 cm³/mol. The number of aromatic nitrogens is 2. The predicted octanol–water partition coefficient (Wildman–Crippen LogP) is 4.72. The lowest BCUT2D eigenvalue weighted by molar-refractivity contribution is 0.0152. The van der Waals surface area contributed by atoms with Gasteiger partial charge in [0.05, 0.1) is 0 Å². The lowest BCUT2D eigenvalue weighted by Crippen LogP contribution is -2.49. The highest BCUT2D eigenvalue weighted by Crippen LogP contribution is 2.31. The Bertz CT molecular complexity index is 987. The first-order chi connectivity index (χ1) is 14.5. The second-order valence-corrected chi connectivity index (χ2v) is 9.00. The quantitative estimate of drug-likeness (QED) is 0.579. The molecule has 0 radical (unpaired) electrons. The average Bonchev–Trinajstić information content (AvgIpc) is 2.76. The minimum Gasteiger partial charge on any atom is -0.379 e. The van der Waals surface area contributed by atoms with Crippen LogP contribution in [-0.2, 0) is 0 Å². The van der Waals surface area contributed by atoms with E-state index in [0.29, 0.717) is 0 Å². The van der Waals surface area contributed by atoms with Gasteiger partial charge in [0, 0.05) is 47.7 Å². The number of halogens is 1. The van der Waals surface area contributed by atoms with Crippen LogP contribution in [0.4, 0.5) is 5.82 Å². The first kappa shape index (κ1) is 21.1. The molecule has 1 atom stereocenters. The molecule has 4 rings (SSSR count). The van der Waals surface area contributed by atoms with E-state index in [2.05, 4.69) is 47.1 Å². The molecule has 1 unspecified atom stereocenters. The SMILES string of the molecule is Cc1ccc(-c2nc(Sc3ccc(Cl)cc3)cc(N3CCN(C(C)O)CC3)n2)cc1. The van der Waals surface area contributed by atoms with E-state index in [9.17, 15) is 5.11 Å². The molecule has 0 amide bonds. The number of nitrogens with zero attached hydrogens (tertiary/aromatic N) is 4. The Morgan fingerprint density at radius 3 is 2.27 bits per heavy atom. The molecule has 0 bridgehead atoms. The molecular weight excluding hydrogens is 416 g/mol. The summed E-state index contributed by atoms with van der Waals surface area (Å²) in [6, 6.07) is 18.1. The lowest BCUT2D eigenvalue weighted by Gasteiger charge is -2.36. The summed E-state index contributed by atoms with van der Waals surface area (Å²) in [4.78, 5) is 15.1. The van der Waals surface area contributed by atoms with Gasteiger partial charge in [-0.3, -0.25) is 4.90 Å². The van der Waals surface area contributed by atoms with Gasteiger partial charge in [0.25, 0.3) is 0 Å². The maximum atomic E-state index is 9.85. The Labute approximate surface area is 186 Å². The molecule has 1 N–H and O–H groups in total. The van der Waals surface area contributed by atoms with Gasteiger partial charge in [0.15, 0.2) is 5.82 Å². The van der Waals surface area contributed by atoms with Crippen LogP contribution < -0.4 is 4.90 Å². The molecule has 1 fully saturated rings. The summed E-state index contributed by atoms with van der Waals surface area (Å²) in [7, 11) is 0. The molecular formula is C23H25ClN4OS. The normalized spacial score (nSPS) is 15.9. The van der Waals surface area contributed by atoms with Crippen molar-refractivity contribution in [1.82, 2.24) is 14.9 Å². The molecule has 1 saturated heterocycles. The third-order valence-electron chi connectivity index (χ3n) is 5.20. The molecule has 156 valence electrons. The number of aryl methyl sites for hydroxylation is 1. The van der Waals surface area contributed by atoms with Gasteiger partial charge in [-0.25, -0.2) is 9.97 Å². The van der Waals surface area contributed by atoms with E-state index >= 15 is 0 Å². The second-order valence-electron chi connectivity index (χ2n) is 7.46. The summed E-state index contributed by atoms with van der Waals surface area (Å²) in [6.07, 6.45) is -0.420. The van der Waals surface area contributed by atoms with E-state index in [4.69, 9.17) is 21.6 Å². The van der Waals surface area contributed by atoms with Crippen molar-refractivity contribution in [3.8, 4) is 11.4 Å². The van der Waals surface area contributed by atoms with Crippen molar-refractivity contribution in [2.45, 2.75) is 30.0 Å². The van der Waals surface area contributed by atoms with Gasteiger partial charge in [-0.2, -0.15) is 0 Å². The smallest absolute Gasteiger partial charge is 0.162 e. The van der Waals surface area contributed by atoms with Crippen LogP contribution in [0.2, 0.25) is 5.02 Å². The third kappa shape index (κ3) is 5.13. The Hall–Kier alpha value is -2.12. The third-order valence-corrected chi connectivity index (χ3v) is 6.38. The fourth-order valence-corrected chi connectivity index (χ4v) is 4.34. The van der Waals surface area contributed by atoms with Crippen LogP contribution in [0.5, 0.6) is 0 Å². The highest BCUT2D eigenvalue weighted by atomic mass is 35.5. The molecule has 0 spiro atoms. The topological polar surface area (TPSA) is 52.5 Å². The zero-order valence-corrected chi connectivity index (χ0v) is 18.7. The fourth-order valence-electron chi connectivity index (χ4n) is 3.41. The summed E-state index contributed by atoms with van der Waals surface area (Å²) >= 11 is 7.64. The van der Waals surface area contributed by atoms with Crippen molar-refractivity contribution in [3.63, 3.8) is 0 Å². The van der Waals surface area contributed by atoms with E-state index in [1.165, 1.54) is 5.56 Å². The van der Waals surface area contributed by atoms with Gasteiger partial charge < -0.3 is 10.0 Å². The van der Waals surface area contributed by atoms with Gasteiger partial charge in [-0.15, -0.1) is 0 Å². The Balaban J connectivity index is 1.65. The largest absolute Gasteiger partial charge is 0.379 e. The van der Waals surface area contributed by atoms with E-state index in [-0.39, 0.29) is 0 Å². The fraction of sp³-hybridized carbons (Fsp3) is 0.304. The Morgan fingerprint density at radius 1 is 0.967 bits per heavy atom. The highest BCUT2D eigenvalue weighted by Gasteiger charge is 2.22. The molecule has 3 aromatic rings. The van der Waals surface area contributed by atoms with Crippen LogP contribution in [0.3, 0.4) is 0 Å². The number of piperazine rings is 1. The molecule has 1 aromatic heterocycles. The molecule has 1 aliphatic heterocycles. The first-order valence-corrected chi connectivity index (χ1v) is 11.2. The number of benzene rings is 2.